The maximum absolute atomic E-state index is 3.47. The molecule has 0 saturated heterocycles. The summed E-state index contributed by atoms with van der Waals surface area (Å²) in [6, 6.07) is 8.39. The molecule has 2 rings (SSSR count). The van der Waals surface area contributed by atoms with Gasteiger partial charge >= 0.3 is 110 Å². The summed E-state index contributed by atoms with van der Waals surface area (Å²) in [5.74, 6) is 0. The molecule has 0 fully saturated rings. The van der Waals surface area contributed by atoms with Gasteiger partial charge in [-0.2, -0.15) is 0 Å². The summed E-state index contributed by atoms with van der Waals surface area (Å²) in [6.45, 7) is 0. The number of rotatable bonds is 2. The third kappa shape index (κ3) is 2.30. The molecule has 0 aromatic heterocycles. The summed E-state index contributed by atoms with van der Waals surface area (Å²) in [4.78, 5) is 0. The average Bonchev–Trinajstić information content (AvgIpc) is 2.28. The van der Waals surface area contributed by atoms with Crippen molar-refractivity contribution >= 4 is 20.5 Å². The number of benzene rings is 1. The number of allylic oxidation sites excluding steroid dienone is 4. The molecule has 0 amide bonds. The van der Waals surface area contributed by atoms with E-state index < -0.39 is 0 Å². The van der Waals surface area contributed by atoms with Crippen LogP contribution in [0.25, 0.3) is 5.57 Å². The third-order valence-electron chi connectivity index (χ3n) is 2.72. The van der Waals surface area contributed by atoms with Gasteiger partial charge in [-0.25, -0.2) is 0 Å². The molecule has 1 aromatic carbocycles. The average molecular weight is 323 g/mol. The van der Waals surface area contributed by atoms with Crippen LogP contribution in [-0.2, 0) is 19.2 Å². The predicted octanol–water partition coefficient (Wildman–Crippen LogP) is 3.19. The van der Waals surface area contributed by atoms with Gasteiger partial charge in [0.2, 0.25) is 0 Å². The molecule has 1 nitrogen and oxygen atoms in total. The fourth-order valence-corrected chi connectivity index (χ4v) is 2.79. The monoisotopic (exact) mass is 322 g/mol. The topological polar surface area (TPSA) is 12.0 Å². The van der Waals surface area contributed by atoms with E-state index in [1.54, 1.807) is 0 Å². The number of para-hydroxylation sites is 1. The van der Waals surface area contributed by atoms with Crippen LogP contribution in [0.5, 0.6) is 0 Å². The fraction of sp³-hybridized carbons (Fsp3) is 0.231. The number of nitrogens with one attached hydrogen (secondary N) is 1. The van der Waals surface area contributed by atoms with Crippen molar-refractivity contribution in [3.8, 4) is 0 Å². The van der Waals surface area contributed by atoms with Crippen molar-refractivity contribution in [2.75, 3.05) is 12.4 Å². The predicted molar refractivity (Wildman–Crippen MR) is 70.2 cm³/mol. The van der Waals surface area contributed by atoms with Gasteiger partial charge in [0.25, 0.3) is 0 Å². The summed E-state index contributed by atoms with van der Waals surface area (Å²) in [6.07, 6.45) is 7.49. The molecule has 1 N–H and O–H groups in total. The molecule has 1 aromatic rings. The summed E-state index contributed by atoms with van der Waals surface area (Å²) in [5.41, 5.74) is 3.74. The van der Waals surface area contributed by atoms with Crippen molar-refractivity contribution in [2.45, 2.75) is 10.0 Å². The summed E-state index contributed by atoms with van der Waals surface area (Å²) in [5, 5.41) is 3.24. The fourth-order valence-electron chi connectivity index (χ4n) is 1.88. The Bertz CT molecular complexity index is 449. The van der Waals surface area contributed by atoms with Crippen molar-refractivity contribution < 1.29 is 19.2 Å². The van der Waals surface area contributed by atoms with Gasteiger partial charge in [0.15, 0.2) is 0 Å². The Morgan fingerprint density at radius 1 is 1.38 bits per heavy atom. The van der Waals surface area contributed by atoms with Crippen LogP contribution >= 0.6 is 9.24 Å². The third-order valence-corrected chi connectivity index (χ3v) is 4.00. The molecule has 2 unspecified atom stereocenters. The van der Waals surface area contributed by atoms with E-state index in [0.717, 1.165) is 6.42 Å². The second-order valence-corrected chi connectivity index (χ2v) is 6.98. The van der Waals surface area contributed by atoms with Crippen molar-refractivity contribution in [2.24, 2.45) is 0 Å². The van der Waals surface area contributed by atoms with E-state index in [2.05, 4.69) is 76.3 Å². The van der Waals surface area contributed by atoms with Gasteiger partial charge < -0.3 is 0 Å². The summed E-state index contributed by atoms with van der Waals surface area (Å²) >= 11 is 3.47. The van der Waals surface area contributed by atoms with Gasteiger partial charge in [-0.05, 0) is 0 Å². The van der Waals surface area contributed by atoms with E-state index in [4.69, 9.17) is 0 Å². The van der Waals surface area contributed by atoms with E-state index in [0.29, 0.717) is 0 Å². The Morgan fingerprint density at radius 3 is 2.81 bits per heavy atom. The van der Waals surface area contributed by atoms with Gasteiger partial charge in [-0.15, -0.1) is 0 Å². The van der Waals surface area contributed by atoms with Crippen molar-refractivity contribution in [1.82, 2.24) is 0 Å². The number of hydrogen-bond donors (Lipinski definition) is 1. The summed E-state index contributed by atoms with van der Waals surface area (Å²) in [7, 11) is 4.86. The molecule has 0 bridgehead atoms. The molecule has 1 aliphatic rings. The van der Waals surface area contributed by atoms with Gasteiger partial charge in [0.1, 0.15) is 0 Å². The first kappa shape index (κ1) is 12.1. The Kier molecular flexibility index (Phi) is 3.65. The molecular weight excluding hydrogens is 308 g/mol. The second-order valence-electron chi connectivity index (χ2n) is 3.82. The van der Waals surface area contributed by atoms with Gasteiger partial charge in [-0.3, -0.25) is 0 Å². The SMILES string of the molecule is CNc1ccccc1C1=CC=CC[C]1(P)[Pd]. The second kappa shape index (κ2) is 4.84. The van der Waals surface area contributed by atoms with Crippen LogP contribution in [0, 0.1) is 0 Å². The molecule has 0 radical (unpaired) electrons. The molecule has 1 aliphatic carbocycles. The molecule has 0 heterocycles. The minimum atomic E-state index is -0.00942. The molecule has 3 heteroatoms. The van der Waals surface area contributed by atoms with E-state index in [1.165, 1.54) is 16.8 Å². The molecule has 2 atom stereocenters. The van der Waals surface area contributed by atoms with E-state index >= 15 is 0 Å². The zero-order valence-corrected chi connectivity index (χ0v) is 11.9. The molecule has 0 saturated carbocycles. The molecular formula is C13H15NPPd. The van der Waals surface area contributed by atoms with Gasteiger partial charge in [0, 0.05) is 0 Å². The van der Waals surface area contributed by atoms with Crippen molar-refractivity contribution in [1.29, 1.82) is 0 Å². The van der Waals surface area contributed by atoms with Gasteiger partial charge in [0.05, 0.1) is 0 Å². The maximum atomic E-state index is 3.47. The number of anilines is 1. The normalized spacial score (nSPS) is 24.1. The van der Waals surface area contributed by atoms with E-state index in [-0.39, 0.29) is 3.63 Å². The van der Waals surface area contributed by atoms with Crippen LogP contribution < -0.4 is 5.32 Å². The van der Waals surface area contributed by atoms with Crippen LogP contribution in [-0.4, -0.2) is 10.7 Å². The van der Waals surface area contributed by atoms with Crippen LogP contribution in [0.1, 0.15) is 12.0 Å². The first-order chi connectivity index (χ1) is 7.65. The Balaban J connectivity index is 2.51. The molecule has 0 spiro atoms. The van der Waals surface area contributed by atoms with Crippen LogP contribution in [0.3, 0.4) is 0 Å². The Morgan fingerprint density at radius 2 is 2.12 bits per heavy atom. The zero-order valence-electron chi connectivity index (χ0n) is 9.14. The standard InChI is InChI=1S/C13H15NP.Pd/c1-14-12-8-4-2-6-10(12)11-7-3-5-9-13(11)15;/h2-8,14H,9,15H2,1H3;. The van der Waals surface area contributed by atoms with Crippen molar-refractivity contribution in [3.05, 3.63) is 48.1 Å². The first-order valence-electron chi connectivity index (χ1n) is 5.24. The minimum absolute atomic E-state index is 0.00942. The van der Waals surface area contributed by atoms with Crippen molar-refractivity contribution in [3.63, 3.8) is 0 Å². The molecule has 87 valence electrons. The van der Waals surface area contributed by atoms with E-state index in [1.807, 2.05) is 7.05 Å². The zero-order chi connectivity index (χ0) is 11.6. The summed E-state index contributed by atoms with van der Waals surface area (Å²) < 4.78 is -0.00942. The quantitative estimate of drug-likeness (QED) is 0.651. The van der Waals surface area contributed by atoms with Gasteiger partial charge in [-0.1, -0.05) is 0 Å². The molecule has 0 aliphatic heterocycles. The Labute approximate surface area is 110 Å². The van der Waals surface area contributed by atoms with Crippen LogP contribution in [0.2, 0.25) is 0 Å². The van der Waals surface area contributed by atoms with Crippen LogP contribution in [0.15, 0.2) is 42.5 Å². The molecule has 16 heavy (non-hydrogen) atoms. The first-order valence-corrected chi connectivity index (χ1v) is 6.60. The Hall–Kier alpha value is -0.408. The number of hydrogen-bond acceptors (Lipinski definition) is 1. The van der Waals surface area contributed by atoms with Crippen LogP contribution in [0.4, 0.5) is 5.69 Å². The van der Waals surface area contributed by atoms with E-state index in [9.17, 15) is 0 Å².